The molecule has 1 aromatic rings. The Morgan fingerprint density at radius 3 is 2.85 bits per heavy atom. The van der Waals surface area contributed by atoms with Gasteiger partial charge in [-0.25, -0.2) is 4.79 Å². The van der Waals surface area contributed by atoms with Crippen LogP contribution in [-0.4, -0.2) is 35.4 Å². The van der Waals surface area contributed by atoms with Crippen molar-refractivity contribution >= 4 is 11.9 Å². The Balaban J connectivity index is 1.67. The van der Waals surface area contributed by atoms with Crippen LogP contribution in [0.15, 0.2) is 42.0 Å². The number of aliphatic hydroxyl groups excluding tert-OH is 1. The van der Waals surface area contributed by atoms with Gasteiger partial charge in [-0.2, -0.15) is 0 Å². The first kappa shape index (κ1) is 19.6. The average molecular weight is 372 g/mol. The van der Waals surface area contributed by atoms with Gasteiger partial charge in [0.1, 0.15) is 12.2 Å². The molecule has 0 spiro atoms. The molecule has 1 N–H and O–H groups in total. The fraction of sp³-hybridized carbons (Fsp3) is 0.545. The van der Waals surface area contributed by atoms with E-state index >= 15 is 0 Å². The molecule has 5 nitrogen and oxygen atoms in total. The third kappa shape index (κ3) is 4.98. The summed E-state index contributed by atoms with van der Waals surface area (Å²) in [4.78, 5) is 24.1. The minimum atomic E-state index is -0.411. The van der Waals surface area contributed by atoms with E-state index in [1.54, 1.807) is 24.3 Å². The van der Waals surface area contributed by atoms with Crippen LogP contribution in [0.4, 0.5) is 0 Å². The lowest BCUT2D eigenvalue weighted by atomic mass is 9.96. The molecule has 2 fully saturated rings. The van der Waals surface area contributed by atoms with Gasteiger partial charge in [-0.05, 0) is 30.5 Å². The average Bonchev–Trinajstić information content (AvgIpc) is 3.16. The number of rotatable bonds is 8. The Hall–Kier alpha value is -2.14. The van der Waals surface area contributed by atoms with Crippen molar-refractivity contribution in [3.05, 3.63) is 47.5 Å². The summed E-state index contributed by atoms with van der Waals surface area (Å²) >= 11 is 0. The van der Waals surface area contributed by atoms with Gasteiger partial charge in [0, 0.05) is 12.3 Å². The minimum Gasteiger partial charge on any atom is -0.462 e. The highest BCUT2D eigenvalue weighted by molar-refractivity contribution is 5.89. The van der Waals surface area contributed by atoms with Crippen LogP contribution in [0.5, 0.6) is 0 Å². The molecule has 1 aliphatic carbocycles. The molecule has 1 heterocycles. The van der Waals surface area contributed by atoms with Gasteiger partial charge in [0.15, 0.2) is 0 Å². The largest absolute Gasteiger partial charge is 0.462 e. The summed E-state index contributed by atoms with van der Waals surface area (Å²) in [6.45, 7) is 2.13. The fourth-order valence-electron chi connectivity index (χ4n) is 3.93. The Labute approximate surface area is 160 Å². The third-order valence-corrected chi connectivity index (χ3v) is 5.39. The summed E-state index contributed by atoms with van der Waals surface area (Å²) in [6, 6.07) is 8.88. The standard InChI is InChI=1S/C22H28O5/c1-2-3-5-10-16(23)11-12-17-18-13-21(24)26-20(18)14-19(17)27-22(25)15-8-6-4-7-9-15/h4,6-9,12,16,18-20,23H,2-3,5,10-11,13-14H2,1H3/b17-12+/t16-,18+,19+,20-/m0/s1. The Kier molecular flexibility index (Phi) is 6.67. The van der Waals surface area contributed by atoms with E-state index in [0.717, 1.165) is 31.3 Å². The number of ether oxygens (including phenoxy) is 2. The first-order chi connectivity index (χ1) is 13.1. The molecule has 0 bridgehead atoms. The van der Waals surface area contributed by atoms with E-state index in [2.05, 4.69) is 6.92 Å². The number of unbranched alkanes of at least 4 members (excludes halogenated alkanes) is 2. The molecule has 3 rings (SSSR count). The van der Waals surface area contributed by atoms with Crippen molar-refractivity contribution in [1.82, 2.24) is 0 Å². The van der Waals surface area contributed by atoms with E-state index in [1.807, 2.05) is 12.1 Å². The monoisotopic (exact) mass is 372 g/mol. The summed E-state index contributed by atoms with van der Waals surface area (Å²) in [5.41, 5.74) is 1.43. The number of fused-ring (bicyclic) bond motifs is 1. The van der Waals surface area contributed by atoms with Crippen LogP contribution >= 0.6 is 0 Å². The van der Waals surface area contributed by atoms with Crippen molar-refractivity contribution in [2.45, 2.75) is 70.2 Å². The van der Waals surface area contributed by atoms with Crippen molar-refractivity contribution in [3.63, 3.8) is 0 Å². The highest BCUT2D eigenvalue weighted by atomic mass is 16.6. The van der Waals surface area contributed by atoms with E-state index in [0.29, 0.717) is 24.8 Å². The fourth-order valence-corrected chi connectivity index (χ4v) is 3.93. The second kappa shape index (κ2) is 9.18. The molecule has 27 heavy (non-hydrogen) atoms. The molecule has 0 aromatic heterocycles. The van der Waals surface area contributed by atoms with Crippen molar-refractivity contribution in [2.75, 3.05) is 0 Å². The molecule has 0 radical (unpaired) electrons. The van der Waals surface area contributed by atoms with Gasteiger partial charge in [0.2, 0.25) is 0 Å². The van der Waals surface area contributed by atoms with Gasteiger partial charge in [-0.15, -0.1) is 0 Å². The molecule has 1 saturated carbocycles. The SMILES string of the molecule is CCCCC[C@H](O)C/C=C1\[C@H]2CC(=O)O[C@H]2C[C@H]1OC(=O)c1ccccc1. The van der Waals surface area contributed by atoms with Gasteiger partial charge >= 0.3 is 11.9 Å². The summed E-state index contributed by atoms with van der Waals surface area (Å²) in [6.07, 6.45) is 6.24. The number of aliphatic hydroxyl groups is 1. The smallest absolute Gasteiger partial charge is 0.338 e. The maximum atomic E-state index is 12.4. The molecular weight excluding hydrogens is 344 g/mol. The molecule has 2 aliphatic rings. The molecule has 0 unspecified atom stereocenters. The number of carbonyl (C=O) groups excluding carboxylic acids is 2. The molecule has 0 amide bonds. The molecular formula is C22H28O5. The Morgan fingerprint density at radius 1 is 1.33 bits per heavy atom. The second-order valence-electron chi connectivity index (χ2n) is 7.42. The van der Waals surface area contributed by atoms with E-state index in [4.69, 9.17) is 9.47 Å². The van der Waals surface area contributed by atoms with Crippen molar-refractivity contribution < 1.29 is 24.2 Å². The number of esters is 2. The van der Waals surface area contributed by atoms with Gasteiger partial charge in [-0.3, -0.25) is 4.79 Å². The first-order valence-electron chi connectivity index (χ1n) is 9.92. The van der Waals surface area contributed by atoms with E-state index in [1.165, 1.54) is 0 Å². The molecule has 146 valence electrons. The van der Waals surface area contributed by atoms with E-state index in [-0.39, 0.29) is 24.0 Å². The molecule has 1 aliphatic heterocycles. The normalized spacial score (nSPS) is 26.7. The number of carbonyl (C=O) groups is 2. The van der Waals surface area contributed by atoms with Crippen LogP contribution in [0.2, 0.25) is 0 Å². The van der Waals surface area contributed by atoms with Gasteiger partial charge < -0.3 is 14.6 Å². The quantitative estimate of drug-likeness (QED) is 0.427. The lowest BCUT2D eigenvalue weighted by Crippen LogP contribution is -2.20. The van der Waals surface area contributed by atoms with Gasteiger partial charge in [0.25, 0.3) is 0 Å². The van der Waals surface area contributed by atoms with Crippen LogP contribution in [0, 0.1) is 5.92 Å². The first-order valence-corrected chi connectivity index (χ1v) is 9.92. The molecule has 1 saturated heterocycles. The summed E-state index contributed by atoms with van der Waals surface area (Å²) in [5.74, 6) is -0.623. The van der Waals surface area contributed by atoms with Crippen LogP contribution in [0.3, 0.4) is 0 Å². The zero-order valence-electron chi connectivity index (χ0n) is 15.8. The van der Waals surface area contributed by atoms with Crippen molar-refractivity contribution in [3.8, 4) is 0 Å². The Bertz CT molecular complexity index is 681. The minimum absolute atomic E-state index is 0.0473. The third-order valence-electron chi connectivity index (χ3n) is 5.39. The highest BCUT2D eigenvalue weighted by Crippen LogP contribution is 2.42. The predicted octanol–water partition coefficient (Wildman–Crippen LogP) is 3.81. The van der Waals surface area contributed by atoms with Crippen molar-refractivity contribution in [2.24, 2.45) is 5.92 Å². The molecule has 5 heteroatoms. The molecule has 4 atom stereocenters. The van der Waals surface area contributed by atoms with Crippen LogP contribution in [-0.2, 0) is 14.3 Å². The van der Waals surface area contributed by atoms with E-state index < -0.39 is 12.2 Å². The number of hydrogen-bond donors (Lipinski definition) is 1. The van der Waals surface area contributed by atoms with Crippen LogP contribution in [0.1, 0.15) is 62.2 Å². The topological polar surface area (TPSA) is 72.8 Å². The summed E-state index contributed by atoms with van der Waals surface area (Å²) in [7, 11) is 0. The van der Waals surface area contributed by atoms with Gasteiger partial charge in [-0.1, -0.05) is 50.5 Å². The maximum Gasteiger partial charge on any atom is 0.338 e. The van der Waals surface area contributed by atoms with E-state index in [9.17, 15) is 14.7 Å². The summed E-state index contributed by atoms with van der Waals surface area (Å²) < 4.78 is 11.1. The maximum absolute atomic E-state index is 12.4. The summed E-state index contributed by atoms with van der Waals surface area (Å²) in [5, 5.41) is 10.2. The Morgan fingerprint density at radius 2 is 2.11 bits per heavy atom. The predicted molar refractivity (Wildman–Crippen MR) is 101 cm³/mol. The van der Waals surface area contributed by atoms with Crippen LogP contribution in [0.25, 0.3) is 0 Å². The molecule has 1 aromatic carbocycles. The second-order valence-corrected chi connectivity index (χ2v) is 7.42. The lowest BCUT2D eigenvalue weighted by Gasteiger charge is -2.17. The lowest BCUT2D eigenvalue weighted by molar-refractivity contribution is -0.141. The van der Waals surface area contributed by atoms with Crippen LogP contribution < -0.4 is 0 Å². The van der Waals surface area contributed by atoms with Crippen molar-refractivity contribution in [1.29, 1.82) is 0 Å². The number of hydrogen-bond acceptors (Lipinski definition) is 5. The highest BCUT2D eigenvalue weighted by Gasteiger charge is 2.48. The van der Waals surface area contributed by atoms with Gasteiger partial charge in [0.05, 0.1) is 18.1 Å². The zero-order chi connectivity index (χ0) is 19.2. The zero-order valence-corrected chi connectivity index (χ0v) is 15.8. The number of benzene rings is 1.